The Bertz CT molecular complexity index is 455. The summed E-state index contributed by atoms with van der Waals surface area (Å²) in [6, 6.07) is 9.73. The minimum absolute atomic E-state index is 0.172. The summed E-state index contributed by atoms with van der Waals surface area (Å²) >= 11 is 0. The first-order valence-corrected chi connectivity index (χ1v) is 5.02. The monoisotopic (exact) mass is 199 g/mol. The van der Waals surface area contributed by atoms with Crippen molar-refractivity contribution >= 4 is 17.1 Å². The number of allylic oxidation sites excluding steroid dienone is 2. The zero-order valence-corrected chi connectivity index (χ0v) is 8.95. The molecule has 0 saturated heterocycles. The van der Waals surface area contributed by atoms with Gasteiger partial charge in [-0.15, -0.1) is 0 Å². The standard InChI is InChI=1S/C13H13NO/c1-9-8-12(15)13(10(2)14-9)11-6-4-3-5-7-11/h3-7H,8H2,1-2H3. The molecule has 15 heavy (non-hydrogen) atoms. The van der Waals surface area contributed by atoms with E-state index in [9.17, 15) is 4.79 Å². The van der Waals surface area contributed by atoms with Crippen LogP contribution in [0.3, 0.4) is 0 Å². The maximum absolute atomic E-state index is 11.9. The average molecular weight is 199 g/mol. The lowest BCUT2D eigenvalue weighted by molar-refractivity contribution is -0.112. The maximum atomic E-state index is 11.9. The second kappa shape index (κ2) is 3.81. The van der Waals surface area contributed by atoms with Gasteiger partial charge in [-0.1, -0.05) is 30.3 Å². The predicted molar refractivity (Wildman–Crippen MR) is 61.8 cm³/mol. The maximum Gasteiger partial charge on any atom is 0.170 e. The molecule has 0 radical (unpaired) electrons. The van der Waals surface area contributed by atoms with E-state index < -0.39 is 0 Å². The molecule has 0 aliphatic carbocycles. The second-order valence-electron chi connectivity index (χ2n) is 3.77. The molecule has 0 spiro atoms. The van der Waals surface area contributed by atoms with E-state index in [4.69, 9.17) is 0 Å². The molecule has 0 saturated carbocycles. The van der Waals surface area contributed by atoms with Crippen LogP contribution in [-0.2, 0) is 4.79 Å². The number of Topliss-reactive ketones (excluding diaryl/α,β-unsaturated/α-hetero) is 1. The van der Waals surface area contributed by atoms with Gasteiger partial charge in [0.15, 0.2) is 5.78 Å². The van der Waals surface area contributed by atoms with Crippen LogP contribution >= 0.6 is 0 Å². The summed E-state index contributed by atoms with van der Waals surface area (Å²) in [4.78, 5) is 16.2. The third kappa shape index (κ3) is 1.89. The van der Waals surface area contributed by atoms with Gasteiger partial charge >= 0.3 is 0 Å². The highest BCUT2D eigenvalue weighted by molar-refractivity contribution is 6.28. The van der Waals surface area contributed by atoms with E-state index in [1.165, 1.54) is 0 Å². The molecule has 1 aromatic rings. The van der Waals surface area contributed by atoms with Crippen LogP contribution in [0, 0.1) is 0 Å². The van der Waals surface area contributed by atoms with E-state index in [0.29, 0.717) is 6.42 Å². The van der Waals surface area contributed by atoms with Gasteiger partial charge in [-0.05, 0) is 19.4 Å². The Kier molecular flexibility index (Phi) is 2.50. The zero-order chi connectivity index (χ0) is 10.8. The molecule has 1 aliphatic heterocycles. The van der Waals surface area contributed by atoms with Crippen LogP contribution in [0.5, 0.6) is 0 Å². The van der Waals surface area contributed by atoms with Crippen LogP contribution in [0.1, 0.15) is 25.8 Å². The van der Waals surface area contributed by atoms with E-state index in [2.05, 4.69) is 4.99 Å². The number of rotatable bonds is 1. The van der Waals surface area contributed by atoms with Gasteiger partial charge < -0.3 is 0 Å². The SMILES string of the molecule is CC1=NC(C)=C(c2ccccc2)C(=O)C1. The Hall–Kier alpha value is -1.70. The fourth-order valence-electron chi connectivity index (χ4n) is 1.88. The highest BCUT2D eigenvalue weighted by Crippen LogP contribution is 2.25. The Labute approximate surface area is 89.3 Å². The van der Waals surface area contributed by atoms with Crippen molar-refractivity contribution < 1.29 is 4.79 Å². The Balaban J connectivity index is 2.53. The van der Waals surface area contributed by atoms with Crippen molar-refractivity contribution in [3.8, 4) is 0 Å². The number of hydrogen-bond donors (Lipinski definition) is 0. The molecule has 1 heterocycles. The van der Waals surface area contributed by atoms with Gasteiger partial charge in [0.1, 0.15) is 0 Å². The molecule has 0 unspecified atom stereocenters. The van der Waals surface area contributed by atoms with E-state index in [1.54, 1.807) is 0 Å². The molecule has 2 nitrogen and oxygen atoms in total. The molecule has 0 N–H and O–H groups in total. The van der Waals surface area contributed by atoms with Gasteiger partial charge in [0.2, 0.25) is 0 Å². The van der Waals surface area contributed by atoms with Crippen LogP contribution in [0.15, 0.2) is 41.0 Å². The molecular weight excluding hydrogens is 186 g/mol. The number of carbonyl (C=O) groups excluding carboxylic acids is 1. The first-order chi connectivity index (χ1) is 7.18. The van der Waals surface area contributed by atoms with Crippen LogP contribution in [-0.4, -0.2) is 11.5 Å². The van der Waals surface area contributed by atoms with Crippen molar-refractivity contribution in [3.63, 3.8) is 0 Å². The fourth-order valence-corrected chi connectivity index (χ4v) is 1.88. The van der Waals surface area contributed by atoms with Crippen molar-refractivity contribution in [2.75, 3.05) is 0 Å². The zero-order valence-electron chi connectivity index (χ0n) is 8.95. The summed E-state index contributed by atoms with van der Waals surface area (Å²) in [6.45, 7) is 3.78. The summed E-state index contributed by atoms with van der Waals surface area (Å²) in [5.74, 6) is 0.172. The van der Waals surface area contributed by atoms with Crippen molar-refractivity contribution in [2.45, 2.75) is 20.3 Å². The van der Waals surface area contributed by atoms with Gasteiger partial charge in [-0.2, -0.15) is 0 Å². The summed E-state index contributed by atoms with van der Waals surface area (Å²) in [5, 5.41) is 0. The van der Waals surface area contributed by atoms with Crippen LogP contribution in [0.4, 0.5) is 0 Å². The molecule has 0 atom stereocenters. The summed E-state index contributed by atoms with van der Waals surface area (Å²) in [6.07, 6.45) is 0.446. The normalized spacial score (nSPS) is 16.7. The van der Waals surface area contributed by atoms with Gasteiger partial charge in [-0.25, -0.2) is 0 Å². The first kappa shape index (κ1) is 9.84. The summed E-state index contributed by atoms with van der Waals surface area (Å²) < 4.78 is 0. The van der Waals surface area contributed by atoms with Crippen molar-refractivity contribution in [3.05, 3.63) is 41.6 Å². The summed E-state index contributed by atoms with van der Waals surface area (Å²) in [5.41, 5.74) is 3.46. The van der Waals surface area contributed by atoms with Crippen LogP contribution < -0.4 is 0 Å². The van der Waals surface area contributed by atoms with Crippen molar-refractivity contribution in [1.29, 1.82) is 0 Å². The largest absolute Gasteiger partial charge is 0.294 e. The molecule has 1 aromatic carbocycles. The molecule has 2 heteroatoms. The molecule has 2 rings (SSSR count). The number of aliphatic imine (C=N–C) groups is 1. The highest BCUT2D eigenvalue weighted by atomic mass is 16.1. The third-order valence-corrected chi connectivity index (χ3v) is 2.48. The van der Waals surface area contributed by atoms with Gasteiger partial charge in [0.25, 0.3) is 0 Å². The lowest BCUT2D eigenvalue weighted by atomic mass is 9.95. The van der Waals surface area contributed by atoms with E-state index >= 15 is 0 Å². The molecule has 0 bridgehead atoms. The lowest BCUT2D eigenvalue weighted by Crippen LogP contribution is -2.13. The minimum atomic E-state index is 0.172. The smallest absolute Gasteiger partial charge is 0.170 e. The number of benzene rings is 1. The van der Waals surface area contributed by atoms with Gasteiger partial charge in [-0.3, -0.25) is 9.79 Å². The molecule has 76 valence electrons. The second-order valence-corrected chi connectivity index (χ2v) is 3.77. The number of ketones is 1. The van der Waals surface area contributed by atoms with Crippen molar-refractivity contribution in [2.24, 2.45) is 4.99 Å². The summed E-state index contributed by atoms with van der Waals surface area (Å²) in [7, 11) is 0. The highest BCUT2D eigenvalue weighted by Gasteiger charge is 2.19. The fraction of sp³-hybridized carbons (Fsp3) is 0.231. The predicted octanol–water partition coefficient (Wildman–Crippen LogP) is 2.85. The molecular formula is C13H13NO. The van der Waals surface area contributed by atoms with Gasteiger partial charge in [0.05, 0.1) is 0 Å². The Morgan fingerprint density at radius 1 is 1.13 bits per heavy atom. The molecule has 0 aromatic heterocycles. The Morgan fingerprint density at radius 2 is 1.80 bits per heavy atom. The number of hydrogen-bond acceptors (Lipinski definition) is 2. The average Bonchev–Trinajstić information content (AvgIpc) is 2.17. The van der Waals surface area contributed by atoms with Crippen molar-refractivity contribution in [1.82, 2.24) is 0 Å². The van der Waals surface area contributed by atoms with Crippen LogP contribution in [0.2, 0.25) is 0 Å². The van der Waals surface area contributed by atoms with Gasteiger partial charge in [0, 0.05) is 23.4 Å². The van der Waals surface area contributed by atoms with E-state index in [-0.39, 0.29) is 5.78 Å². The topological polar surface area (TPSA) is 29.4 Å². The molecule has 0 fully saturated rings. The Morgan fingerprint density at radius 3 is 2.40 bits per heavy atom. The quantitative estimate of drug-likeness (QED) is 0.683. The molecule has 0 amide bonds. The first-order valence-electron chi connectivity index (χ1n) is 5.02. The van der Waals surface area contributed by atoms with E-state index in [1.807, 2.05) is 44.2 Å². The number of carbonyl (C=O) groups is 1. The minimum Gasteiger partial charge on any atom is -0.294 e. The molecule has 1 aliphatic rings. The lowest BCUT2D eigenvalue weighted by Gasteiger charge is -2.14. The number of nitrogens with zero attached hydrogens (tertiary/aromatic N) is 1. The van der Waals surface area contributed by atoms with E-state index in [0.717, 1.165) is 22.5 Å². The third-order valence-electron chi connectivity index (χ3n) is 2.48. The van der Waals surface area contributed by atoms with Crippen LogP contribution in [0.25, 0.3) is 5.57 Å².